The van der Waals surface area contributed by atoms with Crippen molar-refractivity contribution in [3.05, 3.63) is 70.7 Å². The Labute approximate surface area is 206 Å². The number of likely N-dealkylation sites (tertiary alicyclic amines) is 1. The quantitative estimate of drug-likeness (QED) is 0.559. The molecule has 0 radical (unpaired) electrons. The molecule has 7 heteroatoms. The molecule has 1 saturated heterocycles. The molecule has 0 aliphatic carbocycles. The Hall–Kier alpha value is -3.03. The third-order valence-electron chi connectivity index (χ3n) is 7.56. The molecule has 3 aromatic rings. The lowest BCUT2D eigenvalue weighted by Crippen LogP contribution is -2.54. The molecule has 1 amide bonds. The minimum Gasteiger partial charge on any atom is -0.377 e. The Morgan fingerprint density at radius 1 is 1.09 bits per heavy atom. The van der Waals surface area contributed by atoms with Crippen LogP contribution in [0.2, 0.25) is 0 Å². The molecule has 2 aromatic heterocycles. The molecule has 35 heavy (non-hydrogen) atoms. The predicted octanol–water partition coefficient (Wildman–Crippen LogP) is 4.01. The number of amides is 1. The van der Waals surface area contributed by atoms with E-state index in [1.165, 1.54) is 11.1 Å². The van der Waals surface area contributed by atoms with Gasteiger partial charge in [-0.05, 0) is 48.4 Å². The number of imidazole rings is 1. The summed E-state index contributed by atoms with van der Waals surface area (Å²) < 4.78 is 7.50. The maximum absolute atomic E-state index is 13.4. The second-order valence-corrected chi connectivity index (χ2v) is 10.1. The van der Waals surface area contributed by atoms with Crippen molar-refractivity contribution in [2.45, 2.75) is 58.2 Å². The molecule has 2 atom stereocenters. The molecular weight excluding hydrogens is 440 g/mol. The highest BCUT2D eigenvalue weighted by Gasteiger charge is 2.35. The van der Waals surface area contributed by atoms with Crippen LogP contribution < -0.4 is 0 Å². The SMILES string of the molecule is CO[C@H](C)c1cc(C(C)C)cn2cc(C(=O)N3CC[C@H](N4CCc5ccccc5C4)C(=O)C3)nc12. The van der Waals surface area contributed by atoms with Gasteiger partial charge < -0.3 is 14.0 Å². The summed E-state index contributed by atoms with van der Waals surface area (Å²) in [6.07, 6.45) is 5.29. The van der Waals surface area contributed by atoms with Gasteiger partial charge in [-0.3, -0.25) is 14.5 Å². The smallest absolute Gasteiger partial charge is 0.274 e. The zero-order valence-electron chi connectivity index (χ0n) is 21.0. The van der Waals surface area contributed by atoms with E-state index in [9.17, 15) is 9.59 Å². The number of rotatable bonds is 5. The average Bonchev–Trinajstić information content (AvgIpc) is 3.31. The van der Waals surface area contributed by atoms with Crippen molar-refractivity contribution < 1.29 is 14.3 Å². The van der Waals surface area contributed by atoms with Crippen molar-refractivity contribution in [2.24, 2.45) is 0 Å². The van der Waals surface area contributed by atoms with E-state index in [0.29, 0.717) is 24.6 Å². The highest BCUT2D eigenvalue weighted by molar-refractivity contribution is 5.97. The number of pyridine rings is 1. The van der Waals surface area contributed by atoms with Gasteiger partial charge in [0.1, 0.15) is 11.3 Å². The maximum Gasteiger partial charge on any atom is 0.274 e. The number of benzene rings is 1. The van der Waals surface area contributed by atoms with Crippen molar-refractivity contribution in [1.82, 2.24) is 19.2 Å². The number of hydrogen-bond donors (Lipinski definition) is 0. The first-order chi connectivity index (χ1) is 16.9. The Balaban J connectivity index is 1.33. The molecule has 2 aliphatic rings. The number of hydrogen-bond acceptors (Lipinski definition) is 5. The first kappa shape index (κ1) is 23.7. The van der Waals surface area contributed by atoms with Crippen LogP contribution >= 0.6 is 0 Å². The number of carbonyl (C=O) groups excluding carboxylic acids is 2. The molecule has 7 nitrogen and oxygen atoms in total. The number of carbonyl (C=O) groups is 2. The van der Waals surface area contributed by atoms with E-state index in [0.717, 1.165) is 36.3 Å². The average molecular weight is 475 g/mol. The van der Waals surface area contributed by atoms with Gasteiger partial charge in [0.25, 0.3) is 5.91 Å². The minimum atomic E-state index is -0.188. The highest BCUT2D eigenvalue weighted by Crippen LogP contribution is 2.28. The molecule has 0 bridgehead atoms. The first-order valence-corrected chi connectivity index (χ1v) is 12.5. The Morgan fingerprint density at radius 3 is 2.57 bits per heavy atom. The number of nitrogens with zero attached hydrogens (tertiary/aromatic N) is 4. The van der Waals surface area contributed by atoms with Crippen LogP contribution in [0.5, 0.6) is 0 Å². The minimum absolute atomic E-state index is 0.114. The number of ketones is 1. The van der Waals surface area contributed by atoms with Crippen molar-refractivity contribution in [1.29, 1.82) is 0 Å². The summed E-state index contributed by atoms with van der Waals surface area (Å²) >= 11 is 0. The zero-order valence-corrected chi connectivity index (χ0v) is 21.0. The summed E-state index contributed by atoms with van der Waals surface area (Å²) in [5.74, 6) is 0.261. The molecule has 0 N–H and O–H groups in total. The Bertz CT molecular complexity index is 1260. The van der Waals surface area contributed by atoms with Crippen molar-refractivity contribution in [3.63, 3.8) is 0 Å². The van der Waals surface area contributed by atoms with Gasteiger partial charge in [0.2, 0.25) is 0 Å². The fourth-order valence-corrected chi connectivity index (χ4v) is 5.31. The third-order valence-corrected chi connectivity index (χ3v) is 7.56. The van der Waals surface area contributed by atoms with Crippen molar-refractivity contribution in [3.8, 4) is 0 Å². The molecule has 4 heterocycles. The van der Waals surface area contributed by atoms with Crippen LogP contribution in [-0.2, 0) is 22.5 Å². The third kappa shape index (κ3) is 4.50. The lowest BCUT2D eigenvalue weighted by Gasteiger charge is -2.39. The van der Waals surface area contributed by atoms with Crippen molar-refractivity contribution >= 4 is 17.3 Å². The summed E-state index contributed by atoms with van der Waals surface area (Å²) in [4.78, 5) is 35.2. The van der Waals surface area contributed by atoms with E-state index in [4.69, 9.17) is 4.74 Å². The van der Waals surface area contributed by atoms with Gasteiger partial charge >= 0.3 is 0 Å². The summed E-state index contributed by atoms with van der Waals surface area (Å²) in [5.41, 5.74) is 5.88. The molecule has 0 saturated carbocycles. The van der Waals surface area contributed by atoms with Crippen LogP contribution in [0.25, 0.3) is 5.65 Å². The fraction of sp³-hybridized carbons (Fsp3) is 0.464. The van der Waals surface area contributed by atoms with Crippen LogP contribution in [0.1, 0.15) is 72.0 Å². The second-order valence-electron chi connectivity index (χ2n) is 10.1. The molecule has 1 fully saturated rings. The topological polar surface area (TPSA) is 67.2 Å². The van der Waals surface area contributed by atoms with E-state index in [-0.39, 0.29) is 30.4 Å². The Kier molecular flexibility index (Phi) is 6.47. The van der Waals surface area contributed by atoms with Crippen molar-refractivity contribution in [2.75, 3.05) is 26.7 Å². The predicted molar refractivity (Wildman–Crippen MR) is 135 cm³/mol. The van der Waals surface area contributed by atoms with Gasteiger partial charge in [0.15, 0.2) is 5.78 Å². The second kappa shape index (κ2) is 9.55. The summed E-state index contributed by atoms with van der Waals surface area (Å²) in [7, 11) is 1.68. The number of fused-ring (bicyclic) bond motifs is 2. The molecule has 0 spiro atoms. The van der Waals surface area contributed by atoms with Gasteiger partial charge in [0.05, 0.1) is 18.7 Å². The largest absolute Gasteiger partial charge is 0.377 e. The molecule has 0 unspecified atom stereocenters. The van der Waals surface area contributed by atoms with Gasteiger partial charge in [0, 0.05) is 44.7 Å². The number of methoxy groups -OCH3 is 1. The van der Waals surface area contributed by atoms with E-state index in [2.05, 4.69) is 54.1 Å². The van der Waals surface area contributed by atoms with Crippen LogP contribution in [0, 0.1) is 0 Å². The van der Waals surface area contributed by atoms with Crippen LogP contribution in [-0.4, -0.2) is 63.7 Å². The molecule has 1 aromatic carbocycles. The summed E-state index contributed by atoms with van der Waals surface area (Å²) in [6.45, 7) is 8.63. The van der Waals surface area contributed by atoms with Gasteiger partial charge in [-0.1, -0.05) is 38.1 Å². The van der Waals surface area contributed by atoms with E-state index in [1.54, 1.807) is 18.2 Å². The normalized spacial score (nSPS) is 19.9. The number of aromatic nitrogens is 2. The van der Waals surface area contributed by atoms with E-state index in [1.807, 2.05) is 17.5 Å². The fourth-order valence-electron chi connectivity index (χ4n) is 5.31. The first-order valence-electron chi connectivity index (χ1n) is 12.5. The summed E-state index contributed by atoms with van der Waals surface area (Å²) in [6, 6.07) is 10.4. The highest BCUT2D eigenvalue weighted by atomic mass is 16.5. The van der Waals surface area contributed by atoms with Crippen LogP contribution in [0.15, 0.2) is 42.7 Å². The van der Waals surface area contributed by atoms with E-state index >= 15 is 0 Å². The number of Topliss-reactive ketones (excluding diaryl/α,β-unsaturated/α-hetero) is 1. The monoisotopic (exact) mass is 474 g/mol. The van der Waals surface area contributed by atoms with Crippen LogP contribution in [0.3, 0.4) is 0 Å². The lowest BCUT2D eigenvalue weighted by molar-refractivity contribution is -0.128. The van der Waals surface area contributed by atoms with Crippen LogP contribution in [0.4, 0.5) is 0 Å². The van der Waals surface area contributed by atoms with Gasteiger partial charge in [-0.2, -0.15) is 0 Å². The molecule has 5 rings (SSSR count). The molecular formula is C28H34N4O3. The maximum atomic E-state index is 13.4. The number of piperidine rings is 1. The zero-order chi connectivity index (χ0) is 24.7. The molecule has 184 valence electrons. The Morgan fingerprint density at radius 2 is 1.86 bits per heavy atom. The van der Waals surface area contributed by atoms with E-state index < -0.39 is 0 Å². The number of ether oxygens (including phenoxy) is 1. The van der Waals surface area contributed by atoms with Gasteiger partial charge in [-0.15, -0.1) is 0 Å². The van der Waals surface area contributed by atoms with Gasteiger partial charge in [-0.25, -0.2) is 4.98 Å². The lowest BCUT2D eigenvalue weighted by atomic mass is 9.95. The standard InChI is InChI=1S/C28H34N4O3/c1-18(2)22-13-23(19(3)35-4)27-29-24(16-32(27)15-22)28(34)31-12-10-25(26(33)17-31)30-11-9-20-7-5-6-8-21(20)14-30/h5-8,13,15-16,18-19,25H,9-12,14,17H2,1-4H3/t19-,25+/m1/s1. The molecule has 2 aliphatic heterocycles. The summed E-state index contributed by atoms with van der Waals surface area (Å²) in [5, 5.41) is 0.